The number of hydrogen-bond acceptors (Lipinski definition) is 4. The number of methoxy groups -OCH3 is 1. The fourth-order valence-electron chi connectivity index (χ4n) is 5.05. The molecule has 166 valence electrons. The van der Waals surface area contributed by atoms with E-state index in [1.807, 2.05) is 28.0 Å². The fourth-order valence-corrected chi connectivity index (χ4v) is 5.05. The lowest BCUT2D eigenvalue weighted by atomic mass is 9.90. The molecule has 2 saturated heterocycles. The summed E-state index contributed by atoms with van der Waals surface area (Å²) in [6.45, 7) is 5.58. The monoisotopic (exact) mass is 424 g/mol. The van der Waals surface area contributed by atoms with Gasteiger partial charge in [-0.2, -0.15) is 5.10 Å². The molecule has 3 heterocycles. The molecule has 2 atom stereocenters. The summed E-state index contributed by atoms with van der Waals surface area (Å²) in [5.74, 6) is 0.987. The third-order valence-electron chi connectivity index (χ3n) is 6.83. The van der Waals surface area contributed by atoms with Crippen LogP contribution in [0.2, 0.25) is 0 Å². The number of H-pyrrole nitrogens is 1. The molecule has 2 aromatic rings. The highest BCUT2D eigenvalue weighted by molar-refractivity contribution is 5.96. The molecule has 0 aliphatic carbocycles. The molecule has 2 amide bonds. The van der Waals surface area contributed by atoms with E-state index in [9.17, 15) is 9.59 Å². The van der Waals surface area contributed by atoms with Gasteiger partial charge in [0.1, 0.15) is 5.75 Å². The zero-order chi connectivity index (χ0) is 22.0. The SMILES string of the molecule is COc1cccc(C(=O)N2CCC(c3[nH]ncc3C(=O)N3[C@H](C)CCC[C@H]3C)CC2)c1. The van der Waals surface area contributed by atoms with E-state index >= 15 is 0 Å². The summed E-state index contributed by atoms with van der Waals surface area (Å²) in [6.07, 6.45) is 6.57. The number of nitrogens with zero attached hydrogens (tertiary/aromatic N) is 3. The zero-order valence-corrected chi connectivity index (χ0v) is 18.6. The molecule has 0 spiro atoms. The number of hydrogen-bond donors (Lipinski definition) is 1. The first kappa shape index (κ1) is 21.4. The topological polar surface area (TPSA) is 78.5 Å². The molecule has 0 radical (unpaired) electrons. The highest BCUT2D eigenvalue weighted by Gasteiger charge is 2.34. The lowest BCUT2D eigenvalue weighted by Crippen LogP contribution is -2.47. The summed E-state index contributed by atoms with van der Waals surface area (Å²) in [5.41, 5.74) is 2.25. The Morgan fingerprint density at radius 3 is 2.45 bits per heavy atom. The Morgan fingerprint density at radius 2 is 1.77 bits per heavy atom. The van der Waals surface area contributed by atoms with Gasteiger partial charge in [-0.25, -0.2) is 0 Å². The van der Waals surface area contributed by atoms with Gasteiger partial charge in [0.15, 0.2) is 0 Å². The number of nitrogens with one attached hydrogen (secondary N) is 1. The van der Waals surface area contributed by atoms with Crippen molar-refractivity contribution >= 4 is 11.8 Å². The molecule has 31 heavy (non-hydrogen) atoms. The standard InChI is InChI=1S/C24H32N4O3/c1-16-6-4-7-17(2)28(16)24(30)21-15-25-26-22(21)18-10-12-27(13-11-18)23(29)19-8-5-9-20(14-19)31-3/h5,8-9,14-18H,4,6-7,10-13H2,1-3H3,(H,25,26)/t16-,17-/m1/s1. The molecule has 7 nitrogen and oxygen atoms in total. The van der Waals surface area contributed by atoms with Crippen molar-refractivity contribution in [2.24, 2.45) is 0 Å². The number of likely N-dealkylation sites (tertiary alicyclic amines) is 2. The van der Waals surface area contributed by atoms with Crippen LogP contribution in [0.4, 0.5) is 0 Å². The maximum Gasteiger partial charge on any atom is 0.257 e. The average molecular weight is 425 g/mol. The minimum absolute atomic E-state index is 0.0224. The quantitative estimate of drug-likeness (QED) is 0.809. The molecule has 2 fully saturated rings. The number of carbonyl (C=O) groups is 2. The van der Waals surface area contributed by atoms with Crippen LogP contribution in [-0.4, -0.2) is 64.1 Å². The highest BCUT2D eigenvalue weighted by Crippen LogP contribution is 2.32. The van der Waals surface area contributed by atoms with Gasteiger partial charge < -0.3 is 14.5 Å². The molecule has 2 aliphatic rings. The molecular weight excluding hydrogens is 392 g/mol. The van der Waals surface area contributed by atoms with Gasteiger partial charge in [0.05, 0.1) is 24.6 Å². The number of aromatic nitrogens is 2. The number of ether oxygens (including phenoxy) is 1. The number of aromatic amines is 1. The number of benzene rings is 1. The normalized spacial score (nSPS) is 22.4. The Kier molecular flexibility index (Phi) is 6.30. The van der Waals surface area contributed by atoms with E-state index in [1.54, 1.807) is 19.4 Å². The molecule has 7 heteroatoms. The Bertz CT molecular complexity index is 922. The van der Waals surface area contributed by atoms with Crippen LogP contribution >= 0.6 is 0 Å². The number of rotatable bonds is 4. The summed E-state index contributed by atoms with van der Waals surface area (Å²) in [5, 5.41) is 7.32. The summed E-state index contributed by atoms with van der Waals surface area (Å²) in [7, 11) is 1.60. The first-order valence-electron chi connectivity index (χ1n) is 11.3. The van der Waals surface area contributed by atoms with E-state index < -0.39 is 0 Å². The molecular formula is C24H32N4O3. The van der Waals surface area contributed by atoms with E-state index in [1.165, 1.54) is 6.42 Å². The van der Waals surface area contributed by atoms with Crippen molar-refractivity contribution in [2.75, 3.05) is 20.2 Å². The van der Waals surface area contributed by atoms with Gasteiger partial charge >= 0.3 is 0 Å². The Hall–Kier alpha value is -2.83. The number of piperidine rings is 2. The van der Waals surface area contributed by atoms with Gasteiger partial charge in [-0.1, -0.05) is 6.07 Å². The first-order valence-corrected chi connectivity index (χ1v) is 11.3. The Labute approximate surface area is 183 Å². The second-order valence-corrected chi connectivity index (χ2v) is 8.84. The maximum atomic E-state index is 13.4. The third-order valence-corrected chi connectivity index (χ3v) is 6.83. The van der Waals surface area contributed by atoms with Crippen LogP contribution in [0.25, 0.3) is 0 Å². The molecule has 1 aromatic heterocycles. The van der Waals surface area contributed by atoms with Crippen LogP contribution < -0.4 is 4.74 Å². The molecule has 2 aliphatic heterocycles. The van der Waals surface area contributed by atoms with Crippen molar-refractivity contribution in [3.8, 4) is 5.75 Å². The van der Waals surface area contributed by atoms with Gasteiger partial charge in [0.25, 0.3) is 11.8 Å². The van der Waals surface area contributed by atoms with Crippen LogP contribution in [0.15, 0.2) is 30.5 Å². The molecule has 1 N–H and O–H groups in total. The highest BCUT2D eigenvalue weighted by atomic mass is 16.5. The van der Waals surface area contributed by atoms with Gasteiger partial charge in [0, 0.05) is 36.7 Å². The third kappa shape index (κ3) is 4.31. The van der Waals surface area contributed by atoms with E-state index in [0.29, 0.717) is 30.0 Å². The average Bonchev–Trinajstić information content (AvgIpc) is 3.28. The lowest BCUT2D eigenvalue weighted by Gasteiger charge is -2.39. The van der Waals surface area contributed by atoms with Crippen LogP contribution in [0.5, 0.6) is 5.75 Å². The van der Waals surface area contributed by atoms with Crippen LogP contribution in [0, 0.1) is 0 Å². The fraction of sp³-hybridized carbons (Fsp3) is 0.542. The van der Waals surface area contributed by atoms with Crippen LogP contribution in [-0.2, 0) is 0 Å². The van der Waals surface area contributed by atoms with Gasteiger partial charge in [-0.15, -0.1) is 0 Å². The maximum absolute atomic E-state index is 13.4. The van der Waals surface area contributed by atoms with Crippen LogP contribution in [0.3, 0.4) is 0 Å². The minimum atomic E-state index is 0.0224. The molecule has 4 rings (SSSR count). The van der Waals surface area contributed by atoms with E-state index in [0.717, 1.165) is 31.4 Å². The van der Waals surface area contributed by atoms with Crippen molar-refractivity contribution in [1.82, 2.24) is 20.0 Å². The second-order valence-electron chi connectivity index (χ2n) is 8.84. The van der Waals surface area contributed by atoms with Crippen molar-refractivity contribution in [2.45, 2.75) is 64.0 Å². The molecule has 0 saturated carbocycles. The van der Waals surface area contributed by atoms with Gasteiger partial charge in [-0.05, 0) is 64.2 Å². The van der Waals surface area contributed by atoms with E-state index in [4.69, 9.17) is 4.74 Å². The predicted molar refractivity (Wildman–Crippen MR) is 118 cm³/mol. The van der Waals surface area contributed by atoms with E-state index in [-0.39, 0.29) is 29.8 Å². The van der Waals surface area contributed by atoms with Crippen molar-refractivity contribution in [3.05, 3.63) is 47.3 Å². The molecule has 0 bridgehead atoms. The summed E-state index contributed by atoms with van der Waals surface area (Å²) in [6, 6.07) is 7.78. The van der Waals surface area contributed by atoms with E-state index in [2.05, 4.69) is 24.0 Å². The van der Waals surface area contributed by atoms with Gasteiger partial charge in [0.2, 0.25) is 0 Å². The number of carbonyl (C=O) groups excluding carboxylic acids is 2. The van der Waals surface area contributed by atoms with Crippen molar-refractivity contribution < 1.29 is 14.3 Å². The summed E-state index contributed by atoms with van der Waals surface area (Å²) in [4.78, 5) is 30.2. The largest absolute Gasteiger partial charge is 0.497 e. The summed E-state index contributed by atoms with van der Waals surface area (Å²) < 4.78 is 5.24. The van der Waals surface area contributed by atoms with Gasteiger partial charge in [-0.3, -0.25) is 14.7 Å². The van der Waals surface area contributed by atoms with Crippen molar-refractivity contribution in [3.63, 3.8) is 0 Å². The Balaban J connectivity index is 1.43. The van der Waals surface area contributed by atoms with Crippen LogP contribution in [0.1, 0.15) is 78.3 Å². The zero-order valence-electron chi connectivity index (χ0n) is 18.6. The smallest absolute Gasteiger partial charge is 0.257 e. The second kappa shape index (κ2) is 9.12. The minimum Gasteiger partial charge on any atom is -0.497 e. The predicted octanol–water partition coefficient (Wildman–Crippen LogP) is 3.84. The van der Waals surface area contributed by atoms with Crippen molar-refractivity contribution in [1.29, 1.82) is 0 Å². The summed E-state index contributed by atoms with van der Waals surface area (Å²) >= 11 is 0. The first-order chi connectivity index (χ1) is 15.0. The molecule has 1 aromatic carbocycles. The lowest BCUT2D eigenvalue weighted by molar-refractivity contribution is 0.0507. The Morgan fingerprint density at radius 1 is 1.06 bits per heavy atom. The molecule has 0 unspecified atom stereocenters. The number of amides is 2.